The van der Waals surface area contributed by atoms with Crippen LogP contribution in [0.15, 0.2) is 48.4 Å². The third-order valence-electron chi connectivity index (χ3n) is 11.2. The van der Waals surface area contributed by atoms with Gasteiger partial charge in [0.1, 0.15) is 29.8 Å². The number of nitrogens with one attached hydrogen (secondary N) is 2. The van der Waals surface area contributed by atoms with Crippen molar-refractivity contribution in [2.75, 3.05) is 21.3 Å². The number of hydrogen-bond acceptors (Lipinski definition) is 16. The Hall–Kier alpha value is -5.40. The van der Waals surface area contributed by atoms with E-state index in [0.29, 0.717) is 5.56 Å². The van der Waals surface area contributed by atoms with Crippen molar-refractivity contribution >= 4 is 29.0 Å². The van der Waals surface area contributed by atoms with Gasteiger partial charge in [0.15, 0.2) is 23.2 Å². The Morgan fingerprint density at radius 1 is 1.00 bits per heavy atom. The standard InChI is InChI=1S/C39H39N3O14/c1-15-9-18-10-23(44)39(55-5)35(50)26-20(34(49)38(39,52)27(18)30(47)24(15)36(51)41-14-17-7-6-8-40-13-17)11-19-25(29(26)46)22(43)12-21(28(19)45)42-37-33(54-4)31(48)32(53-3)16(2)56-37/h6-9,11-13,16,23,31-33,37,42,44,46-48,52H,10,14H2,1-5H3,(H,41,51)/t16-,23+,31+,32-,33+,37?,38-,39+/m0/s1. The number of allylic oxidation sites excluding steroid dienone is 2. The lowest BCUT2D eigenvalue weighted by Gasteiger charge is -2.53. The van der Waals surface area contributed by atoms with E-state index in [4.69, 9.17) is 18.9 Å². The first-order chi connectivity index (χ1) is 26.6. The number of benzene rings is 2. The van der Waals surface area contributed by atoms with Crippen LogP contribution < -0.4 is 10.6 Å². The molecule has 1 saturated heterocycles. The Kier molecular flexibility index (Phi) is 9.69. The van der Waals surface area contributed by atoms with Gasteiger partial charge in [-0.15, -0.1) is 0 Å². The van der Waals surface area contributed by atoms with Gasteiger partial charge >= 0.3 is 0 Å². The first kappa shape index (κ1) is 38.9. The molecule has 1 unspecified atom stereocenters. The van der Waals surface area contributed by atoms with Gasteiger partial charge in [-0.3, -0.25) is 29.0 Å². The number of fused-ring (bicyclic) bond motifs is 5. The van der Waals surface area contributed by atoms with Crippen LogP contribution in [0.2, 0.25) is 0 Å². The number of ketones is 4. The number of phenolic OH excluding ortho intramolecular Hbond substituents is 2. The fourth-order valence-corrected chi connectivity index (χ4v) is 8.55. The lowest BCUT2D eigenvalue weighted by atomic mass is 9.56. The SMILES string of the molecule is CO[C@@H]1[C@@H](O)[C@@H](OC)C(NC2=CC(=O)c3c(cc4c(c3O)C(=O)[C@]3(OC)[C@H](O)Cc5cc(C)c(C(=O)NCc6cccnc6)c(O)c5[C@]3(O)C4=O)C2=O)O[C@H]1C. The van der Waals surface area contributed by atoms with E-state index in [1.807, 2.05) is 0 Å². The molecule has 4 aliphatic rings. The van der Waals surface area contributed by atoms with E-state index in [1.54, 1.807) is 25.3 Å². The van der Waals surface area contributed by atoms with Gasteiger partial charge in [-0.25, -0.2) is 0 Å². The Balaban J connectivity index is 1.33. The predicted octanol–water partition coefficient (Wildman–Crippen LogP) is 0.288. The normalized spacial score (nSPS) is 29.5. The number of ether oxygens (including phenoxy) is 4. The van der Waals surface area contributed by atoms with E-state index in [-0.39, 0.29) is 28.9 Å². The fourth-order valence-electron chi connectivity index (χ4n) is 8.55. The van der Waals surface area contributed by atoms with Crippen LogP contribution in [0.5, 0.6) is 11.5 Å². The van der Waals surface area contributed by atoms with Crippen molar-refractivity contribution in [2.45, 2.75) is 74.8 Å². The number of aromatic nitrogens is 1. The molecule has 1 aromatic heterocycles. The minimum Gasteiger partial charge on any atom is -0.507 e. The second kappa shape index (κ2) is 14.0. The Morgan fingerprint density at radius 3 is 2.36 bits per heavy atom. The van der Waals surface area contributed by atoms with Crippen LogP contribution in [0.3, 0.4) is 0 Å². The Morgan fingerprint density at radius 2 is 1.71 bits per heavy atom. The maximum absolute atomic E-state index is 14.8. The summed E-state index contributed by atoms with van der Waals surface area (Å²) in [5, 5.41) is 63.9. The third kappa shape index (κ3) is 5.34. The molecular formula is C39H39N3O14. The van der Waals surface area contributed by atoms with Crippen LogP contribution in [-0.2, 0) is 37.5 Å². The summed E-state index contributed by atoms with van der Waals surface area (Å²) in [7, 11) is 3.60. The molecule has 0 bridgehead atoms. The first-order valence-electron chi connectivity index (χ1n) is 17.5. The zero-order chi connectivity index (χ0) is 40.6. The maximum Gasteiger partial charge on any atom is 0.255 e. The van der Waals surface area contributed by atoms with Gasteiger partial charge in [0.05, 0.1) is 34.6 Å². The molecule has 7 rings (SSSR count). The number of hydrogen-bond donors (Lipinski definition) is 7. The molecule has 7 N–H and O–H groups in total. The molecule has 0 spiro atoms. The number of rotatable bonds is 8. The minimum absolute atomic E-state index is 0.00578. The van der Waals surface area contributed by atoms with E-state index in [1.165, 1.54) is 33.4 Å². The number of carbonyl (C=O) groups excluding carboxylic acids is 5. The Bertz CT molecular complexity index is 2240. The lowest BCUT2D eigenvalue weighted by Crippen LogP contribution is -2.73. The number of methoxy groups -OCH3 is 3. The summed E-state index contributed by atoms with van der Waals surface area (Å²) in [6.45, 7) is 3.10. The summed E-state index contributed by atoms with van der Waals surface area (Å²) >= 11 is 0. The molecule has 0 saturated carbocycles. The van der Waals surface area contributed by atoms with Gasteiger partial charge in [0.25, 0.3) is 5.91 Å². The van der Waals surface area contributed by atoms with Crippen molar-refractivity contribution in [2.24, 2.45) is 0 Å². The molecule has 17 heteroatoms. The summed E-state index contributed by atoms with van der Waals surface area (Å²) in [6.07, 6.45) is -3.53. The Labute approximate surface area is 318 Å². The molecular weight excluding hydrogens is 734 g/mol. The van der Waals surface area contributed by atoms with Crippen LogP contribution in [0, 0.1) is 6.92 Å². The number of nitrogens with zero attached hydrogens (tertiary/aromatic N) is 1. The largest absolute Gasteiger partial charge is 0.507 e. The number of aliphatic hydroxyl groups is 3. The number of aliphatic hydroxyl groups excluding tert-OH is 2. The smallest absolute Gasteiger partial charge is 0.255 e. The zero-order valence-electron chi connectivity index (χ0n) is 30.8. The van der Waals surface area contributed by atoms with E-state index < -0.39 is 123 Å². The summed E-state index contributed by atoms with van der Waals surface area (Å²) in [5.41, 5.74) is -9.38. The molecule has 2 aromatic carbocycles. The monoisotopic (exact) mass is 773 g/mol. The van der Waals surface area contributed by atoms with Crippen molar-refractivity contribution in [3.05, 3.63) is 98.5 Å². The molecule has 56 heavy (non-hydrogen) atoms. The van der Waals surface area contributed by atoms with Crippen LogP contribution >= 0.6 is 0 Å². The van der Waals surface area contributed by atoms with Crippen LogP contribution in [-0.4, -0.2) is 123 Å². The van der Waals surface area contributed by atoms with E-state index in [0.717, 1.165) is 19.3 Å². The summed E-state index contributed by atoms with van der Waals surface area (Å²) in [6, 6.07) is 5.61. The van der Waals surface area contributed by atoms with Crippen molar-refractivity contribution in [1.29, 1.82) is 0 Å². The van der Waals surface area contributed by atoms with Crippen LogP contribution in [0.1, 0.15) is 81.0 Å². The molecule has 8 atom stereocenters. The average Bonchev–Trinajstić information content (AvgIpc) is 3.15. The van der Waals surface area contributed by atoms with Gasteiger partial charge in [-0.1, -0.05) is 12.1 Å². The second-order valence-corrected chi connectivity index (χ2v) is 14.1. The van der Waals surface area contributed by atoms with E-state index in [2.05, 4.69) is 15.6 Å². The highest BCUT2D eigenvalue weighted by atomic mass is 16.6. The number of phenols is 2. The van der Waals surface area contributed by atoms with Gasteiger partial charge in [-0.2, -0.15) is 0 Å². The lowest BCUT2D eigenvalue weighted by molar-refractivity contribution is -0.236. The van der Waals surface area contributed by atoms with Gasteiger partial charge < -0.3 is 55.1 Å². The van der Waals surface area contributed by atoms with E-state index in [9.17, 15) is 49.5 Å². The van der Waals surface area contributed by atoms with Gasteiger partial charge in [0, 0.05) is 69.5 Å². The number of aromatic hydroxyl groups is 2. The van der Waals surface area contributed by atoms with Gasteiger partial charge in [0.2, 0.25) is 17.3 Å². The maximum atomic E-state index is 14.8. The molecule has 2 heterocycles. The quantitative estimate of drug-likeness (QED) is 0.162. The number of aryl methyl sites for hydroxylation is 1. The third-order valence-corrected chi connectivity index (χ3v) is 11.2. The molecule has 3 aliphatic carbocycles. The van der Waals surface area contributed by atoms with Crippen molar-refractivity contribution in [1.82, 2.24) is 15.6 Å². The summed E-state index contributed by atoms with van der Waals surface area (Å²) in [4.78, 5) is 74.7. The first-order valence-corrected chi connectivity index (χ1v) is 17.5. The summed E-state index contributed by atoms with van der Waals surface area (Å²) < 4.78 is 22.2. The topological polar surface area (TPSA) is 260 Å². The molecule has 1 fully saturated rings. The van der Waals surface area contributed by atoms with Crippen LogP contribution in [0.4, 0.5) is 0 Å². The number of carbonyl (C=O) groups is 5. The zero-order valence-corrected chi connectivity index (χ0v) is 30.8. The van der Waals surface area contributed by atoms with Crippen LogP contribution in [0.25, 0.3) is 0 Å². The van der Waals surface area contributed by atoms with Gasteiger partial charge in [-0.05, 0) is 42.7 Å². The average molecular weight is 774 g/mol. The highest BCUT2D eigenvalue weighted by Gasteiger charge is 2.72. The summed E-state index contributed by atoms with van der Waals surface area (Å²) in [5.74, 6) is -7.40. The highest BCUT2D eigenvalue weighted by Crippen LogP contribution is 2.56. The predicted molar refractivity (Wildman–Crippen MR) is 190 cm³/mol. The highest BCUT2D eigenvalue weighted by molar-refractivity contribution is 6.31. The number of amides is 1. The molecule has 294 valence electrons. The van der Waals surface area contributed by atoms with Crippen molar-refractivity contribution < 1.29 is 68.5 Å². The van der Waals surface area contributed by atoms with Crippen molar-refractivity contribution in [3.63, 3.8) is 0 Å². The molecule has 17 nitrogen and oxygen atoms in total. The molecule has 3 aromatic rings. The fraction of sp³-hybridized carbons (Fsp3) is 0.385. The van der Waals surface area contributed by atoms with Crippen molar-refractivity contribution in [3.8, 4) is 11.5 Å². The molecule has 1 amide bonds. The number of pyridine rings is 1. The molecule has 1 aliphatic heterocycles. The van der Waals surface area contributed by atoms with E-state index >= 15 is 0 Å². The second-order valence-electron chi connectivity index (χ2n) is 14.1. The molecule has 0 radical (unpaired) electrons. The number of Topliss-reactive ketones (excluding diaryl/α,β-unsaturated/α-hetero) is 3. The minimum atomic E-state index is -3.25.